The third-order valence-corrected chi connectivity index (χ3v) is 8.08. The van der Waals surface area contributed by atoms with Crippen LogP contribution in [0.15, 0.2) is 83.8 Å². The summed E-state index contributed by atoms with van der Waals surface area (Å²) in [4.78, 5) is 30.4. The van der Waals surface area contributed by atoms with Gasteiger partial charge >= 0.3 is 0 Å². The van der Waals surface area contributed by atoms with Crippen molar-refractivity contribution in [1.82, 2.24) is 10.2 Å². The highest BCUT2D eigenvalue weighted by Crippen LogP contribution is 2.23. The van der Waals surface area contributed by atoms with Crippen molar-refractivity contribution in [2.75, 3.05) is 5.75 Å². The summed E-state index contributed by atoms with van der Waals surface area (Å²) < 4.78 is 0. The van der Waals surface area contributed by atoms with Crippen LogP contribution in [-0.2, 0) is 22.6 Å². The summed E-state index contributed by atoms with van der Waals surface area (Å²) in [6, 6.07) is 25.2. The molecular weight excluding hydrogens is 500 g/mol. The molecule has 194 valence electrons. The lowest BCUT2D eigenvalue weighted by atomic mass is 9.94. The van der Waals surface area contributed by atoms with Gasteiger partial charge in [0.2, 0.25) is 11.8 Å². The van der Waals surface area contributed by atoms with Crippen LogP contribution >= 0.6 is 23.4 Å². The summed E-state index contributed by atoms with van der Waals surface area (Å²) in [5.74, 6) is 0.114. The number of rotatable bonds is 10. The monoisotopic (exact) mass is 534 g/mol. The normalized spacial score (nSPS) is 14.6. The second-order valence-electron chi connectivity index (χ2n) is 9.80. The minimum absolute atomic E-state index is 0.0646. The van der Waals surface area contributed by atoms with Crippen LogP contribution in [-0.4, -0.2) is 34.6 Å². The molecule has 0 unspecified atom stereocenters. The molecular formula is C31H35ClN2O2S. The molecule has 4 nitrogen and oxygen atoms in total. The smallest absolute Gasteiger partial charge is 0.243 e. The molecule has 1 fully saturated rings. The largest absolute Gasteiger partial charge is 0.352 e. The van der Waals surface area contributed by atoms with Crippen molar-refractivity contribution < 1.29 is 9.59 Å². The van der Waals surface area contributed by atoms with Gasteiger partial charge in [-0.2, -0.15) is 0 Å². The van der Waals surface area contributed by atoms with E-state index in [-0.39, 0.29) is 23.6 Å². The maximum Gasteiger partial charge on any atom is 0.243 e. The predicted octanol–water partition coefficient (Wildman–Crippen LogP) is 6.83. The highest BCUT2D eigenvalue weighted by molar-refractivity contribution is 8.00. The maximum absolute atomic E-state index is 13.8. The maximum atomic E-state index is 13.8. The van der Waals surface area contributed by atoms with E-state index in [0.29, 0.717) is 18.0 Å². The molecule has 0 bridgehead atoms. The van der Waals surface area contributed by atoms with E-state index in [1.165, 1.54) is 23.7 Å². The number of carbonyl (C=O) groups is 2. The third kappa shape index (κ3) is 8.37. The SMILES string of the molecule is Cc1ccc(SCC(=O)N(Cc2cccc(Cl)c2)[C@@H](Cc2ccccc2)C(=O)NC2CCCCC2)cc1. The fraction of sp³-hybridized carbons (Fsp3) is 0.355. The van der Waals surface area contributed by atoms with Crippen molar-refractivity contribution in [3.05, 3.63) is 101 Å². The Bertz CT molecular complexity index is 1160. The molecule has 0 saturated heterocycles. The average Bonchev–Trinajstić information content (AvgIpc) is 2.91. The van der Waals surface area contributed by atoms with Crippen LogP contribution in [0.3, 0.4) is 0 Å². The Morgan fingerprint density at radius 1 is 0.946 bits per heavy atom. The number of thioether (sulfide) groups is 1. The Kier molecular flexibility index (Phi) is 10.1. The average molecular weight is 535 g/mol. The van der Waals surface area contributed by atoms with E-state index in [9.17, 15) is 9.59 Å². The van der Waals surface area contributed by atoms with Gasteiger partial charge in [-0.1, -0.05) is 91.0 Å². The van der Waals surface area contributed by atoms with E-state index in [1.54, 1.807) is 4.90 Å². The molecule has 1 atom stereocenters. The molecule has 2 amide bonds. The topological polar surface area (TPSA) is 49.4 Å². The first-order valence-corrected chi connectivity index (χ1v) is 14.4. The second-order valence-corrected chi connectivity index (χ2v) is 11.3. The van der Waals surface area contributed by atoms with Crippen LogP contribution in [0.2, 0.25) is 5.02 Å². The van der Waals surface area contributed by atoms with E-state index in [2.05, 4.69) is 5.32 Å². The quantitative estimate of drug-likeness (QED) is 0.290. The number of hydrogen-bond donors (Lipinski definition) is 1. The zero-order valence-corrected chi connectivity index (χ0v) is 22.9. The lowest BCUT2D eigenvalue weighted by Gasteiger charge is -2.33. The van der Waals surface area contributed by atoms with E-state index in [0.717, 1.165) is 41.7 Å². The number of halogens is 1. The van der Waals surface area contributed by atoms with E-state index >= 15 is 0 Å². The summed E-state index contributed by atoms with van der Waals surface area (Å²) in [5, 5.41) is 3.90. The summed E-state index contributed by atoms with van der Waals surface area (Å²) in [6.07, 6.45) is 5.93. The molecule has 6 heteroatoms. The van der Waals surface area contributed by atoms with Crippen LogP contribution in [0.25, 0.3) is 0 Å². The number of aryl methyl sites for hydroxylation is 1. The van der Waals surface area contributed by atoms with Gasteiger partial charge in [-0.05, 0) is 55.2 Å². The Hall–Kier alpha value is -2.76. The van der Waals surface area contributed by atoms with Crippen LogP contribution in [0.4, 0.5) is 0 Å². The van der Waals surface area contributed by atoms with E-state index < -0.39 is 6.04 Å². The molecule has 0 spiro atoms. The van der Waals surface area contributed by atoms with Gasteiger partial charge in [-0.25, -0.2) is 0 Å². The van der Waals surface area contributed by atoms with Crippen LogP contribution in [0.1, 0.15) is 48.8 Å². The first-order chi connectivity index (χ1) is 18.0. The Labute approximate surface area is 229 Å². The molecule has 1 aliphatic rings. The van der Waals surface area contributed by atoms with Crippen molar-refractivity contribution in [3.8, 4) is 0 Å². The molecule has 0 aromatic heterocycles. The van der Waals surface area contributed by atoms with E-state index in [1.807, 2.05) is 85.8 Å². The molecule has 4 rings (SSSR count). The first-order valence-electron chi connectivity index (χ1n) is 13.1. The van der Waals surface area contributed by atoms with Crippen LogP contribution in [0.5, 0.6) is 0 Å². The zero-order valence-electron chi connectivity index (χ0n) is 21.4. The summed E-state index contributed by atoms with van der Waals surface area (Å²) >= 11 is 7.78. The Morgan fingerprint density at radius 2 is 1.65 bits per heavy atom. The molecule has 0 radical (unpaired) electrons. The standard InChI is InChI=1S/C31H35ClN2O2S/c1-23-15-17-28(18-16-23)37-22-30(35)34(21-25-11-8-12-26(32)19-25)29(20-24-9-4-2-5-10-24)31(36)33-27-13-6-3-7-14-27/h2,4-5,8-12,15-19,27,29H,3,6-7,13-14,20-22H2,1H3,(H,33,36)/t29-/m0/s1. The number of hydrogen-bond acceptors (Lipinski definition) is 3. The number of amides is 2. The van der Waals surface area contributed by atoms with Crippen molar-refractivity contribution in [2.45, 2.75) is 69.0 Å². The number of nitrogens with zero attached hydrogens (tertiary/aromatic N) is 1. The van der Waals surface area contributed by atoms with Crippen molar-refractivity contribution in [1.29, 1.82) is 0 Å². The molecule has 1 aliphatic carbocycles. The van der Waals surface area contributed by atoms with Gasteiger partial charge in [0.05, 0.1) is 5.75 Å². The van der Waals surface area contributed by atoms with E-state index in [4.69, 9.17) is 11.6 Å². The van der Waals surface area contributed by atoms with Crippen molar-refractivity contribution in [2.24, 2.45) is 0 Å². The lowest BCUT2D eigenvalue weighted by Crippen LogP contribution is -2.53. The minimum atomic E-state index is -0.616. The minimum Gasteiger partial charge on any atom is -0.352 e. The van der Waals surface area contributed by atoms with Gasteiger partial charge in [-0.15, -0.1) is 11.8 Å². The number of carbonyl (C=O) groups excluding carboxylic acids is 2. The highest BCUT2D eigenvalue weighted by Gasteiger charge is 2.32. The first kappa shape index (κ1) is 27.3. The van der Waals surface area contributed by atoms with Gasteiger partial charge in [0.15, 0.2) is 0 Å². The van der Waals surface area contributed by atoms with Crippen molar-refractivity contribution >= 4 is 35.2 Å². The molecule has 0 aliphatic heterocycles. The van der Waals surface area contributed by atoms with Gasteiger partial charge in [0.1, 0.15) is 6.04 Å². The predicted molar refractivity (Wildman–Crippen MR) is 153 cm³/mol. The third-order valence-electron chi connectivity index (χ3n) is 6.85. The molecule has 3 aromatic rings. The molecule has 1 N–H and O–H groups in total. The van der Waals surface area contributed by atoms with Gasteiger partial charge in [0, 0.05) is 28.9 Å². The van der Waals surface area contributed by atoms with Gasteiger partial charge in [-0.3, -0.25) is 9.59 Å². The summed E-state index contributed by atoms with van der Waals surface area (Å²) in [6.45, 7) is 2.37. The van der Waals surface area contributed by atoms with Crippen LogP contribution < -0.4 is 5.32 Å². The van der Waals surface area contributed by atoms with Crippen LogP contribution in [0, 0.1) is 6.92 Å². The molecule has 3 aromatic carbocycles. The zero-order chi connectivity index (χ0) is 26.0. The molecule has 1 saturated carbocycles. The lowest BCUT2D eigenvalue weighted by molar-refractivity contribution is -0.139. The number of benzene rings is 3. The fourth-order valence-electron chi connectivity index (χ4n) is 4.79. The number of nitrogens with one attached hydrogen (secondary N) is 1. The summed E-state index contributed by atoms with van der Waals surface area (Å²) in [5.41, 5.74) is 3.12. The summed E-state index contributed by atoms with van der Waals surface area (Å²) in [7, 11) is 0. The highest BCUT2D eigenvalue weighted by atomic mass is 35.5. The Morgan fingerprint density at radius 3 is 2.35 bits per heavy atom. The van der Waals surface area contributed by atoms with Gasteiger partial charge < -0.3 is 10.2 Å². The fourth-order valence-corrected chi connectivity index (χ4v) is 5.79. The molecule has 0 heterocycles. The second kappa shape index (κ2) is 13.7. The molecule has 37 heavy (non-hydrogen) atoms. The van der Waals surface area contributed by atoms with Crippen molar-refractivity contribution in [3.63, 3.8) is 0 Å². The van der Waals surface area contributed by atoms with Gasteiger partial charge in [0.25, 0.3) is 0 Å². The Balaban J connectivity index is 1.60.